The van der Waals surface area contributed by atoms with Gasteiger partial charge in [-0.25, -0.2) is 4.98 Å². The monoisotopic (exact) mass is 286 g/mol. The van der Waals surface area contributed by atoms with Crippen molar-refractivity contribution in [2.24, 2.45) is 0 Å². The molecular formula is C17H26N4. The summed E-state index contributed by atoms with van der Waals surface area (Å²) in [6.07, 6.45) is 8.64. The number of anilines is 1. The first kappa shape index (κ1) is 13.5. The molecule has 1 N–H and O–H groups in total. The molecule has 4 nitrogen and oxygen atoms in total. The zero-order valence-corrected chi connectivity index (χ0v) is 12.8. The minimum absolute atomic E-state index is 0.749. The second kappa shape index (κ2) is 5.93. The van der Waals surface area contributed by atoms with Gasteiger partial charge in [0.25, 0.3) is 0 Å². The molecule has 2 saturated heterocycles. The summed E-state index contributed by atoms with van der Waals surface area (Å²) in [5.41, 5.74) is 1.37. The van der Waals surface area contributed by atoms with E-state index in [2.05, 4.69) is 27.2 Å². The van der Waals surface area contributed by atoms with Crippen LogP contribution in [-0.2, 0) is 6.54 Å². The maximum Gasteiger partial charge on any atom is 0.133 e. The van der Waals surface area contributed by atoms with Crippen LogP contribution < -0.4 is 10.2 Å². The van der Waals surface area contributed by atoms with Gasteiger partial charge in [-0.3, -0.25) is 4.90 Å². The molecule has 114 valence electrons. The summed E-state index contributed by atoms with van der Waals surface area (Å²) >= 11 is 0. The summed E-state index contributed by atoms with van der Waals surface area (Å²) in [7, 11) is 0. The fourth-order valence-corrected chi connectivity index (χ4v) is 3.79. The number of aromatic nitrogens is 1. The van der Waals surface area contributed by atoms with Gasteiger partial charge in [0.2, 0.25) is 0 Å². The first-order chi connectivity index (χ1) is 10.4. The van der Waals surface area contributed by atoms with E-state index in [-0.39, 0.29) is 0 Å². The Morgan fingerprint density at radius 1 is 1.14 bits per heavy atom. The van der Waals surface area contributed by atoms with Gasteiger partial charge in [-0.05, 0) is 44.7 Å². The van der Waals surface area contributed by atoms with Crippen molar-refractivity contribution in [1.82, 2.24) is 15.2 Å². The van der Waals surface area contributed by atoms with Crippen molar-refractivity contribution in [3.05, 3.63) is 23.9 Å². The highest BCUT2D eigenvalue weighted by Crippen LogP contribution is 2.26. The standard InChI is InChI=1S/C17H26N4/c1-4-14(12-19-15-6-7-15)17(18-8-1)21-11-3-10-20-9-2-5-16(20)13-21/h1,4,8,15-16,19H,2-3,5-7,9-13H2. The molecule has 3 fully saturated rings. The van der Waals surface area contributed by atoms with Gasteiger partial charge in [-0.1, -0.05) is 6.07 Å². The Labute approximate surface area is 127 Å². The zero-order valence-electron chi connectivity index (χ0n) is 12.8. The molecule has 0 spiro atoms. The van der Waals surface area contributed by atoms with Gasteiger partial charge in [0.05, 0.1) is 0 Å². The molecule has 1 saturated carbocycles. The molecule has 1 aliphatic carbocycles. The van der Waals surface area contributed by atoms with Crippen LogP contribution in [0, 0.1) is 0 Å². The van der Waals surface area contributed by atoms with E-state index in [1.54, 1.807) is 0 Å². The highest BCUT2D eigenvalue weighted by Gasteiger charge is 2.30. The fourth-order valence-electron chi connectivity index (χ4n) is 3.79. The summed E-state index contributed by atoms with van der Waals surface area (Å²) in [4.78, 5) is 9.95. The molecule has 1 atom stereocenters. The Morgan fingerprint density at radius 3 is 2.95 bits per heavy atom. The third-order valence-electron chi connectivity index (χ3n) is 5.13. The molecule has 2 aliphatic heterocycles. The number of hydrogen-bond donors (Lipinski definition) is 1. The van der Waals surface area contributed by atoms with Crippen LogP contribution >= 0.6 is 0 Å². The van der Waals surface area contributed by atoms with Crippen molar-refractivity contribution in [2.75, 3.05) is 31.1 Å². The normalized spacial score (nSPS) is 26.7. The van der Waals surface area contributed by atoms with Gasteiger partial charge >= 0.3 is 0 Å². The second-order valence-corrected chi connectivity index (χ2v) is 6.77. The second-order valence-electron chi connectivity index (χ2n) is 6.77. The SMILES string of the molecule is c1cnc(N2CCCN3CCCC3C2)c(CNC2CC2)c1. The molecule has 1 unspecified atom stereocenters. The number of nitrogens with one attached hydrogen (secondary N) is 1. The summed E-state index contributed by atoms with van der Waals surface area (Å²) in [6.45, 7) is 5.85. The Kier molecular flexibility index (Phi) is 3.82. The van der Waals surface area contributed by atoms with Crippen LogP contribution in [0.25, 0.3) is 0 Å². The lowest BCUT2D eigenvalue weighted by molar-refractivity contribution is 0.273. The maximum absolute atomic E-state index is 4.72. The molecular weight excluding hydrogens is 260 g/mol. The van der Waals surface area contributed by atoms with Crippen LogP contribution in [-0.4, -0.2) is 48.1 Å². The minimum Gasteiger partial charge on any atom is -0.355 e. The Bertz CT molecular complexity index is 485. The third kappa shape index (κ3) is 3.06. The van der Waals surface area contributed by atoms with E-state index in [1.165, 1.54) is 56.6 Å². The van der Waals surface area contributed by atoms with Crippen LogP contribution in [0.15, 0.2) is 18.3 Å². The molecule has 1 aromatic heterocycles. The van der Waals surface area contributed by atoms with E-state index >= 15 is 0 Å². The number of nitrogens with zero attached hydrogens (tertiary/aromatic N) is 3. The average Bonchev–Trinajstić information content (AvgIpc) is 3.28. The van der Waals surface area contributed by atoms with E-state index in [1.807, 2.05) is 6.20 Å². The summed E-state index contributed by atoms with van der Waals surface area (Å²) in [6, 6.07) is 5.83. The predicted octanol–water partition coefficient (Wildman–Crippen LogP) is 2.01. The third-order valence-corrected chi connectivity index (χ3v) is 5.13. The average molecular weight is 286 g/mol. The van der Waals surface area contributed by atoms with Crippen molar-refractivity contribution in [2.45, 2.75) is 50.7 Å². The van der Waals surface area contributed by atoms with Gasteiger partial charge in [0, 0.05) is 50.0 Å². The highest BCUT2D eigenvalue weighted by molar-refractivity contribution is 5.47. The largest absolute Gasteiger partial charge is 0.355 e. The zero-order chi connectivity index (χ0) is 14.1. The van der Waals surface area contributed by atoms with Gasteiger partial charge in [-0.2, -0.15) is 0 Å². The van der Waals surface area contributed by atoms with Crippen molar-refractivity contribution in [3.63, 3.8) is 0 Å². The molecule has 21 heavy (non-hydrogen) atoms. The topological polar surface area (TPSA) is 31.4 Å². The highest BCUT2D eigenvalue weighted by atomic mass is 15.3. The Balaban J connectivity index is 1.50. The number of pyridine rings is 1. The Morgan fingerprint density at radius 2 is 2.05 bits per heavy atom. The van der Waals surface area contributed by atoms with E-state index in [9.17, 15) is 0 Å². The van der Waals surface area contributed by atoms with Crippen LogP contribution in [0.5, 0.6) is 0 Å². The minimum atomic E-state index is 0.749. The Hall–Kier alpha value is -1.13. The quantitative estimate of drug-likeness (QED) is 0.917. The number of hydrogen-bond acceptors (Lipinski definition) is 4. The lowest BCUT2D eigenvalue weighted by atomic mass is 10.2. The van der Waals surface area contributed by atoms with E-state index in [4.69, 9.17) is 4.98 Å². The van der Waals surface area contributed by atoms with Crippen LogP contribution in [0.1, 0.15) is 37.7 Å². The molecule has 0 aromatic carbocycles. The summed E-state index contributed by atoms with van der Waals surface area (Å²) < 4.78 is 0. The first-order valence-corrected chi connectivity index (χ1v) is 8.56. The smallest absolute Gasteiger partial charge is 0.133 e. The van der Waals surface area contributed by atoms with Crippen molar-refractivity contribution in [3.8, 4) is 0 Å². The van der Waals surface area contributed by atoms with E-state index < -0.39 is 0 Å². The lowest BCUT2D eigenvalue weighted by Gasteiger charge is -2.28. The van der Waals surface area contributed by atoms with Crippen molar-refractivity contribution < 1.29 is 0 Å². The van der Waals surface area contributed by atoms with Gasteiger partial charge < -0.3 is 10.2 Å². The molecule has 3 heterocycles. The molecule has 0 amide bonds. The summed E-state index contributed by atoms with van der Waals surface area (Å²) in [5, 5.41) is 3.64. The van der Waals surface area contributed by atoms with E-state index in [0.29, 0.717) is 0 Å². The predicted molar refractivity (Wildman–Crippen MR) is 85.5 cm³/mol. The summed E-state index contributed by atoms with van der Waals surface area (Å²) in [5.74, 6) is 1.22. The van der Waals surface area contributed by atoms with Crippen molar-refractivity contribution in [1.29, 1.82) is 0 Å². The lowest BCUT2D eigenvalue weighted by Crippen LogP contribution is -2.37. The fraction of sp³-hybridized carbons (Fsp3) is 0.706. The van der Waals surface area contributed by atoms with Gasteiger partial charge in [-0.15, -0.1) is 0 Å². The molecule has 4 heteroatoms. The molecule has 0 radical (unpaired) electrons. The van der Waals surface area contributed by atoms with Gasteiger partial charge in [0.15, 0.2) is 0 Å². The number of rotatable bonds is 4. The van der Waals surface area contributed by atoms with Crippen LogP contribution in [0.2, 0.25) is 0 Å². The first-order valence-electron chi connectivity index (χ1n) is 8.56. The van der Waals surface area contributed by atoms with Crippen LogP contribution in [0.4, 0.5) is 5.82 Å². The van der Waals surface area contributed by atoms with E-state index in [0.717, 1.165) is 31.7 Å². The molecule has 3 aliphatic rings. The van der Waals surface area contributed by atoms with Crippen molar-refractivity contribution >= 4 is 5.82 Å². The number of fused-ring (bicyclic) bond motifs is 1. The molecule has 1 aromatic rings. The van der Waals surface area contributed by atoms with Crippen LogP contribution in [0.3, 0.4) is 0 Å². The molecule has 0 bridgehead atoms. The maximum atomic E-state index is 4.72. The van der Waals surface area contributed by atoms with Gasteiger partial charge in [0.1, 0.15) is 5.82 Å². The molecule has 4 rings (SSSR count).